The monoisotopic (exact) mass is 361 g/mol. The summed E-state index contributed by atoms with van der Waals surface area (Å²) in [6.07, 6.45) is 0.784. The number of fused-ring (bicyclic) bond motifs is 1. The second-order valence-electron chi connectivity index (χ2n) is 6.71. The van der Waals surface area contributed by atoms with Crippen LogP contribution in [-0.4, -0.2) is 29.7 Å². The van der Waals surface area contributed by atoms with Crippen molar-refractivity contribution in [3.05, 3.63) is 77.9 Å². The van der Waals surface area contributed by atoms with Crippen molar-refractivity contribution in [2.24, 2.45) is 0 Å². The molecule has 0 heterocycles. The number of amides is 1. The van der Waals surface area contributed by atoms with E-state index >= 15 is 0 Å². The molecule has 138 valence electrons. The zero-order chi connectivity index (χ0) is 19.2. The van der Waals surface area contributed by atoms with Crippen molar-refractivity contribution in [2.45, 2.75) is 26.4 Å². The topological polar surface area (TPSA) is 46.6 Å². The predicted octanol–water partition coefficient (Wildman–Crippen LogP) is 4.47. The molecule has 0 aliphatic carbocycles. The van der Waals surface area contributed by atoms with Gasteiger partial charge < -0.3 is 9.64 Å². The van der Waals surface area contributed by atoms with E-state index in [2.05, 4.69) is 0 Å². The van der Waals surface area contributed by atoms with Gasteiger partial charge in [-0.3, -0.25) is 9.59 Å². The quantitative estimate of drug-likeness (QED) is 0.583. The Balaban J connectivity index is 1.75. The molecule has 0 N–H and O–H groups in total. The highest BCUT2D eigenvalue weighted by molar-refractivity contribution is 6.00. The van der Waals surface area contributed by atoms with E-state index in [4.69, 9.17) is 4.74 Å². The van der Waals surface area contributed by atoms with Gasteiger partial charge in [0.15, 0.2) is 12.9 Å². The van der Waals surface area contributed by atoms with Crippen molar-refractivity contribution in [2.75, 3.05) is 6.61 Å². The van der Waals surface area contributed by atoms with Crippen molar-refractivity contribution < 1.29 is 14.3 Å². The fourth-order valence-electron chi connectivity index (χ4n) is 3.08. The number of carbonyl (C=O) groups excluding carboxylic acids is 2. The minimum Gasteiger partial charge on any atom is -0.483 e. The first-order chi connectivity index (χ1) is 13.1. The van der Waals surface area contributed by atoms with E-state index in [1.807, 2.05) is 74.5 Å². The zero-order valence-corrected chi connectivity index (χ0v) is 15.6. The van der Waals surface area contributed by atoms with Gasteiger partial charge in [0.25, 0.3) is 5.91 Å². The number of hydrogen-bond donors (Lipinski definition) is 0. The summed E-state index contributed by atoms with van der Waals surface area (Å²) in [5.41, 5.74) is 1.54. The van der Waals surface area contributed by atoms with Crippen LogP contribution < -0.4 is 4.74 Å². The maximum atomic E-state index is 12.7. The lowest BCUT2D eigenvalue weighted by Gasteiger charge is -2.27. The first kappa shape index (κ1) is 18.6. The number of benzene rings is 3. The second kappa shape index (κ2) is 8.49. The predicted molar refractivity (Wildman–Crippen MR) is 107 cm³/mol. The molecular formula is C23H23NO3. The van der Waals surface area contributed by atoms with Crippen molar-refractivity contribution >= 4 is 23.0 Å². The van der Waals surface area contributed by atoms with E-state index in [0.717, 1.165) is 22.6 Å². The van der Waals surface area contributed by atoms with Gasteiger partial charge in [0, 0.05) is 12.6 Å². The van der Waals surface area contributed by atoms with Crippen LogP contribution in [0.4, 0.5) is 0 Å². The van der Waals surface area contributed by atoms with Crippen LogP contribution in [0, 0.1) is 0 Å². The lowest BCUT2D eigenvalue weighted by molar-refractivity contribution is -0.135. The summed E-state index contributed by atoms with van der Waals surface area (Å²) in [6, 6.07) is 21.2. The van der Waals surface area contributed by atoms with E-state index in [-0.39, 0.29) is 18.6 Å². The van der Waals surface area contributed by atoms with Crippen molar-refractivity contribution in [3.8, 4) is 5.75 Å². The van der Waals surface area contributed by atoms with E-state index < -0.39 is 0 Å². The summed E-state index contributed by atoms with van der Waals surface area (Å²) in [6.45, 7) is 4.38. The molecule has 0 aliphatic heterocycles. The Labute approximate surface area is 159 Å². The maximum Gasteiger partial charge on any atom is 0.261 e. The molecule has 3 aromatic rings. The average molecular weight is 361 g/mol. The van der Waals surface area contributed by atoms with Gasteiger partial charge in [-0.15, -0.1) is 0 Å². The Morgan fingerprint density at radius 2 is 1.70 bits per heavy atom. The van der Waals surface area contributed by atoms with Crippen LogP contribution in [0.15, 0.2) is 66.7 Å². The molecule has 4 nitrogen and oxygen atoms in total. The van der Waals surface area contributed by atoms with Crippen LogP contribution in [0.5, 0.6) is 5.75 Å². The van der Waals surface area contributed by atoms with Crippen molar-refractivity contribution in [3.63, 3.8) is 0 Å². The van der Waals surface area contributed by atoms with Crippen molar-refractivity contribution in [1.29, 1.82) is 0 Å². The molecule has 0 unspecified atom stereocenters. The molecule has 4 heteroatoms. The van der Waals surface area contributed by atoms with Crippen LogP contribution in [0.2, 0.25) is 0 Å². The third-order valence-corrected chi connectivity index (χ3v) is 4.54. The summed E-state index contributed by atoms with van der Waals surface area (Å²) < 4.78 is 5.74. The smallest absolute Gasteiger partial charge is 0.261 e. The van der Waals surface area contributed by atoms with Gasteiger partial charge >= 0.3 is 0 Å². The largest absolute Gasteiger partial charge is 0.483 e. The number of hydrogen-bond acceptors (Lipinski definition) is 3. The molecule has 0 saturated heterocycles. The molecule has 0 aliphatic rings. The van der Waals surface area contributed by atoms with Crippen LogP contribution in [0.1, 0.15) is 29.8 Å². The number of nitrogens with zero attached hydrogens (tertiary/aromatic N) is 1. The first-order valence-corrected chi connectivity index (χ1v) is 9.03. The lowest BCUT2D eigenvalue weighted by Crippen LogP contribution is -2.39. The minimum absolute atomic E-state index is 0.0449. The van der Waals surface area contributed by atoms with Gasteiger partial charge in [-0.05, 0) is 36.2 Å². The molecule has 0 aromatic heterocycles. The van der Waals surface area contributed by atoms with Gasteiger partial charge in [-0.1, -0.05) is 60.7 Å². The fourth-order valence-corrected chi connectivity index (χ4v) is 3.08. The third kappa shape index (κ3) is 4.34. The van der Waals surface area contributed by atoms with E-state index in [0.29, 0.717) is 17.9 Å². The van der Waals surface area contributed by atoms with Crippen LogP contribution in [0.3, 0.4) is 0 Å². The SMILES string of the molecule is CC(C)N(Cc1ccccc1)C(=O)COc1ccc2ccccc2c1C=O. The van der Waals surface area contributed by atoms with Crippen molar-refractivity contribution in [1.82, 2.24) is 4.90 Å². The van der Waals surface area contributed by atoms with Crippen LogP contribution in [0.25, 0.3) is 10.8 Å². The zero-order valence-electron chi connectivity index (χ0n) is 15.6. The molecule has 1 amide bonds. The summed E-state index contributed by atoms with van der Waals surface area (Å²) in [4.78, 5) is 26.1. The molecule has 3 rings (SSSR count). The third-order valence-electron chi connectivity index (χ3n) is 4.54. The van der Waals surface area contributed by atoms with Gasteiger partial charge in [-0.2, -0.15) is 0 Å². The summed E-state index contributed by atoms with van der Waals surface area (Å²) in [5.74, 6) is 0.319. The van der Waals surface area contributed by atoms with Gasteiger partial charge in [0.05, 0.1) is 5.56 Å². The Bertz CT molecular complexity index is 935. The number of aldehydes is 1. The van der Waals surface area contributed by atoms with Gasteiger partial charge in [-0.25, -0.2) is 0 Å². The Morgan fingerprint density at radius 1 is 1.00 bits per heavy atom. The fraction of sp³-hybridized carbons (Fsp3) is 0.217. The first-order valence-electron chi connectivity index (χ1n) is 9.03. The molecule has 0 bridgehead atoms. The van der Waals surface area contributed by atoms with Gasteiger partial charge in [0.2, 0.25) is 0 Å². The summed E-state index contributed by atoms with van der Waals surface area (Å²) >= 11 is 0. The highest BCUT2D eigenvalue weighted by atomic mass is 16.5. The average Bonchev–Trinajstić information content (AvgIpc) is 2.70. The molecule has 0 radical (unpaired) electrons. The highest BCUT2D eigenvalue weighted by Crippen LogP contribution is 2.26. The molecule has 0 saturated carbocycles. The van der Waals surface area contributed by atoms with E-state index in [1.54, 1.807) is 11.0 Å². The molecule has 0 spiro atoms. The lowest BCUT2D eigenvalue weighted by atomic mass is 10.0. The standard InChI is InChI=1S/C23H23NO3/c1-17(2)24(14-18-8-4-3-5-9-18)23(26)16-27-22-13-12-19-10-6-7-11-20(19)21(22)15-25/h3-13,15,17H,14,16H2,1-2H3. The van der Waals surface area contributed by atoms with Gasteiger partial charge in [0.1, 0.15) is 5.75 Å². The second-order valence-corrected chi connectivity index (χ2v) is 6.71. The molecule has 27 heavy (non-hydrogen) atoms. The number of carbonyl (C=O) groups is 2. The molecular weight excluding hydrogens is 338 g/mol. The van der Waals surface area contributed by atoms with Crippen LogP contribution >= 0.6 is 0 Å². The highest BCUT2D eigenvalue weighted by Gasteiger charge is 2.19. The molecule has 0 fully saturated rings. The Hall–Kier alpha value is -3.14. The maximum absolute atomic E-state index is 12.7. The van der Waals surface area contributed by atoms with Crippen LogP contribution in [-0.2, 0) is 11.3 Å². The Kier molecular flexibility index (Phi) is 5.87. The number of ether oxygens (including phenoxy) is 1. The number of rotatable bonds is 7. The Morgan fingerprint density at radius 3 is 2.41 bits per heavy atom. The van der Waals surface area contributed by atoms with E-state index in [9.17, 15) is 9.59 Å². The molecule has 3 aromatic carbocycles. The van der Waals surface area contributed by atoms with E-state index in [1.165, 1.54) is 0 Å². The molecule has 0 atom stereocenters. The minimum atomic E-state index is -0.112. The normalized spacial score (nSPS) is 10.8. The summed E-state index contributed by atoms with van der Waals surface area (Å²) in [7, 11) is 0. The summed E-state index contributed by atoms with van der Waals surface area (Å²) in [5, 5.41) is 1.79.